The molecule has 8 heteroatoms. The number of hydrogen-bond donors (Lipinski definition) is 2. The lowest BCUT2D eigenvalue weighted by atomic mass is 10.2. The topological polar surface area (TPSA) is 108 Å². The van der Waals surface area contributed by atoms with Crippen LogP contribution in [-0.2, 0) is 16.4 Å². The molecule has 0 aliphatic heterocycles. The molecule has 2 N–H and O–H groups in total. The molecule has 3 aromatic rings. The monoisotopic (exact) mass is 379 g/mol. The summed E-state index contributed by atoms with van der Waals surface area (Å²) in [5, 5.41) is 19.7. The van der Waals surface area contributed by atoms with Gasteiger partial charge < -0.3 is 5.32 Å². The van der Waals surface area contributed by atoms with Crippen LogP contribution in [0.3, 0.4) is 0 Å². The van der Waals surface area contributed by atoms with Crippen LogP contribution in [0.25, 0.3) is 0 Å². The second-order valence-electron chi connectivity index (χ2n) is 5.77. The van der Waals surface area contributed by atoms with Gasteiger partial charge in [-0.2, -0.15) is 5.26 Å². The highest BCUT2D eigenvalue weighted by molar-refractivity contribution is 7.92. The summed E-state index contributed by atoms with van der Waals surface area (Å²) < 4.78 is 26.8. The lowest BCUT2D eigenvalue weighted by Crippen LogP contribution is -2.19. The molecule has 1 heterocycles. The second kappa shape index (κ2) is 8.29. The van der Waals surface area contributed by atoms with E-state index in [0.29, 0.717) is 17.8 Å². The maximum absolute atomic E-state index is 12.2. The van der Waals surface area contributed by atoms with Gasteiger partial charge in [0.1, 0.15) is 0 Å². The van der Waals surface area contributed by atoms with Crippen molar-refractivity contribution in [1.82, 2.24) is 10.2 Å². The smallest absolute Gasteiger partial charge is 0.234 e. The molecule has 0 spiro atoms. The van der Waals surface area contributed by atoms with Crippen molar-refractivity contribution < 1.29 is 8.42 Å². The number of nitrogens with one attached hydrogen (secondary N) is 2. The van der Waals surface area contributed by atoms with Gasteiger partial charge in [0, 0.05) is 5.69 Å². The van der Waals surface area contributed by atoms with Crippen LogP contribution >= 0.6 is 0 Å². The third-order valence-electron chi connectivity index (χ3n) is 3.71. The third kappa shape index (κ3) is 5.52. The fourth-order valence-corrected chi connectivity index (χ4v) is 3.37. The zero-order chi connectivity index (χ0) is 19.1. The maximum atomic E-state index is 12.2. The predicted molar refractivity (Wildman–Crippen MR) is 104 cm³/mol. The summed E-state index contributed by atoms with van der Waals surface area (Å²) in [6, 6.07) is 21.5. The van der Waals surface area contributed by atoms with E-state index < -0.39 is 10.0 Å². The normalized spacial score (nSPS) is 10.8. The molecule has 136 valence electrons. The largest absolute Gasteiger partial charge is 0.339 e. The van der Waals surface area contributed by atoms with Crippen LogP contribution < -0.4 is 10.0 Å². The van der Waals surface area contributed by atoms with Crippen molar-refractivity contribution in [3.8, 4) is 6.07 Å². The number of rotatable bonds is 7. The van der Waals surface area contributed by atoms with Crippen LogP contribution in [0.2, 0.25) is 0 Å². The van der Waals surface area contributed by atoms with E-state index in [9.17, 15) is 8.42 Å². The molecule has 3 rings (SSSR count). The Morgan fingerprint density at radius 1 is 0.889 bits per heavy atom. The van der Waals surface area contributed by atoms with E-state index in [1.807, 2.05) is 36.4 Å². The van der Waals surface area contributed by atoms with Crippen LogP contribution in [0, 0.1) is 11.3 Å². The number of aryl methyl sites for hydroxylation is 1. The molecule has 0 saturated heterocycles. The molecule has 1 aromatic heterocycles. The van der Waals surface area contributed by atoms with Crippen LogP contribution in [-0.4, -0.2) is 24.4 Å². The van der Waals surface area contributed by atoms with Crippen LogP contribution in [0.15, 0.2) is 66.7 Å². The van der Waals surface area contributed by atoms with Gasteiger partial charge in [-0.05, 0) is 48.4 Å². The third-order valence-corrected chi connectivity index (χ3v) is 4.98. The molecule has 0 aliphatic carbocycles. The highest BCUT2D eigenvalue weighted by atomic mass is 32.2. The Balaban J connectivity index is 1.58. The lowest BCUT2D eigenvalue weighted by molar-refractivity contribution is 0.600. The van der Waals surface area contributed by atoms with E-state index >= 15 is 0 Å². The van der Waals surface area contributed by atoms with E-state index in [1.54, 1.807) is 36.4 Å². The molecular weight excluding hydrogens is 362 g/mol. The number of hydrogen-bond acceptors (Lipinski definition) is 6. The minimum atomic E-state index is -3.52. The quantitative estimate of drug-likeness (QED) is 0.653. The van der Waals surface area contributed by atoms with E-state index in [1.165, 1.54) is 0 Å². The summed E-state index contributed by atoms with van der Waals surface area (Å²) in [5.74, 6) is 0.588. The predicted octanol–water partition coefficient (Wildman–Crippen LogP) is 3.08. The SMILES string of the molecule is N#Cc1ccc(Nc2ccc(NS(=O)(=O)CCc3ccccc3)nn2)cc1. The summed E-state index contributed by atoms with van der Waals surface area (Å²) in [6.07, 6.45) is 0.419. The second-order valence-corrected chi connectivity index (χ2v) is 7.62. The van der Waals surface area contributed by atoms with Gasteiger partial charge in [0.05, 0.1) is 17.4 Å². The molecular formula is C19H17N5O2S. The number of anilines is 3. The Morgan fingerprint density at radius 3 is 2.19 bits per heavy atom. The van der Waals surface area contributed by atoms with E-state index in [2.05, 4.69) is 20.2 Å². The van der Waals surface area contributed by atoms with Crippen molar-refractivity contribution in [3.63, 3.8) is 0 Å². The fourth-order valence-electron chi connectivity index (χ4n) is 2.34. The molecule has 0 saturated carbocycles. The van der Waals surface area contributed by atoms with Crippen molar-refractivity contribution >= 4 is 27.3 Å². The van der Waals surface area contributed by atoms with Gasteiger partial charge in [0.2, 0.25) is 10.0 Å². The Hall–Kier alpha value is -3.44. The number of nitriles is 1. The van der Waals surface area contributed by atoms with Gasteiger partial charge in [-0.1, -0.05) is 30.3 Å². The molecule has 0 amide bonds. The Labute approximate surface area is 157 Å². The first kappa shape index (κ1) is 18.4. The number of sulfonamides is 1. The minimum absolute atomic E-state index is 0.0378. The zero-order valence-electron chi connectivity index (χ0n) is 14.3. The summed E-state index contributed by atoms with van der Waals surface area (Å²) in [7, 11) is -3.52. The van der Waals surface area contributed by atoms with Crippen molar-refractivity contribution in [1.29, 1.82) is 5.26 Å². The molecule has 7 nitrogen and oxygen atoms in total. The fraction of sp³-hybridized carbons (Fsp3) is 0.105. The molecule has 0 atom stereocenters. The maximum Gasteiger partial charge on any atom is 0.234 e. The molecule has 27 heavy (non-hydrogen) atoms. The van der Waals surface area contributed by atoms with Crippen LogP contribution in [0.4, 0.5) is 17.3 Å². The molecule has 2 aromatic carbocycles. The van der Waals surface area contributed by atoms with E-state index in [4.69, 9.17) is 5.26 Å². The molecule has 0 bridgehead atoms. The summed E-state index contributed by atoms with van der Waals surface area (Å²) in [4.78, 5) is 0. The lowest BCUT2D eigenvalue weighted by Gasteiger charge is -2.08. The Kier molecular flexibility index (Phi) is 5.64. The Bertz CT molecular complexity index is 1030. The standard InChI is InChI=1S/C19H17N5O2S/c20-14-16-6-8-17(9-7-16)21-18-10-11-19(23-22-18)24-27(25,26)13-12-15-4-2-1-3-5-15/h1-11H,12-13H2,(H,21,22)(H,23,24). The van der Waals surface area contributed by atoms with Crippen molar-refractivity contribution in [2.24, 2.45) is 0 Å². The first-order chi connectivity index (χ1) is 13.0. The highest BCUT2D eigenvalue weighted by Gasteiger charge is 2.12. The molecule has 0 radical (unpaired) electrons. The van der Waals surface area contributed by atoms with Gasteiger partial charge >= 0.3 is 0 Å². The average molecular weight is 379 g/mol. The van der Waals surface area contributed by atoms with Gasteiger partial charge in [0.25, 0.3) is 0 Å². The number of nitrogens with zero attached hydrogens (tertiary/aromatic N) is 3. The Morgan fingerprint density at radius 2 is 1.56 bits per heavy atom. The first-order valence-corrected chi connectivity index (χ1v) is 9.85. The molecule has 0 aliphatic rings. The average Bonchev–Trinajstić information content (AvgIpc) is 2.69. The number of benzene rings is 2. The number of aromatic nitrogens is 2. The van der Waals surface area contributed by atoms with Crippen molar-refractivity contribution in [2.45, 2.75) is 6.42 Å². The first-order valence-electron chi connectivity index (χ1n) is 8.19. The van der Waals surface area contributed by atoms with Crippen LogP contribution in [0.1, 0.15) is 11.1 Å². The van der Waals surface area contributed by atoms with Gasteiger partial charge in [-0.3, -0.25) is 4.72 Å². The zero-order valence-corrected chi connectivity index (χ0v) is 15.1. The van der Waals surface area contributed by atoms with Gasteiger partial charge in [-0.25, -0.2) is 8.42 Å². The van der Waals surface area contributed by atoms with Gasteiger partial charge in [-0.15, -0.1) is 10.2 Å². The van der Waals surface area contributed by atoms with Crippen molar-refractivity contribution in [2.75, 3.05) is 15.8 Å². The minimum Gasteiger partial charge on any atom is -0.339 e. The molecule has 0 fully saturated rings. The van der Waals surface area contributed by atoms with Crippen molar-refractivity contribution in [3.05, 3.63) is 77.9 Å². The highest BCUT2D eigenvalue weighted by Crippen LogP contribution is 2.16. The van der Waals surface area contributed by atoms with Gasteiger partial charge in [0.15, 0.2) is 11.6 Å². The summed E-state index contributed by atoms with van der Waals surface area (Å²) in [6.45, 7) is 0. The summed E-state index contributed by atoms with van der Waals surface area (Å²) >= 11 is 0. The summed E-state index contributed by atoms with van der Waals surface area (Å²) in [5.41, 5.74) is 2.27. The van der Waals surface area contributed by atoms with E-state index in [-0.39, 0.29) is 11.6 Å². The van der Waals surface area contributed by atoms with Crippen LogP contribution in [0.5, 0.6) is 0 Å². The van der Waals surface area contributed by atoms with E-state index in [0.717, 1.165) is 11.3 Å². The molecule has 0 unspecified atom stereocenters.